The van der Waals surface area contributed by atoms with E-state index in [2.05, 4.69) is 13.8 Å². The second-order valence-corrected chi connectivity index (χ2v) is 9.43. The Morgan fingerprint density at radius 2 is 1.48 bits per heavy atom. The summed E-state index contributed by atoms with van der Waals surface area (Å²) in [7, 11) is 0. The van der Waals surface area contributed by atoms with Gasteiger partial charge in [0.25, 0.3) is 5.91 Å². The predicted octanol–water partition coefficient (Wildman–Crippen LogP) is 8.81. The first-order valence-electron chi connectivity index (χ1n) is 12.2. The van der Waals surface area contributed by atoms with Crippen molar-refractivity contribution in [1.82, 2.24) is 9.88 Å². The van der Waals surface area contributed by atoms with E-state index in [0.29, 0.717) is 15.6 Å². The maximum atomic E-state index is 13.8. The Morgan fingerprint density at radius 3 is 2.12 bits per heavy atom. The lowest BCUT2D eigenvalue weighted by molar-refractivity contribution is 0.0751. The lowest BCUT2D eigenvalue weighted by atomic mass is 10.0. The molecule has 2 aromatic carbocycles. The Labute approximate surface area is 208 Å². The van der Waals surface area contributed by atoms with Gasteiger partial charge >= 0.3 is 0 Å². The van der Waals surface area contributed by atoms with E-state index in [1.54, 1.807) is 6.07 Å². The fraction of sp³-hybridized carbons (Fsp3) is 0.429. The van der Waals surface area contributed by atoms with Gasteiger partial charge < -0.3 is 4.90 Å². The van der Waals surface area contributed by atoms with Crippen LogP contribution in [-0.4, -0.2) is 28.9 Å². The summed E-state index contributed by atoms with van der Waals surface area (Å²) in [5.41, 5.74) is 3.09. The van der Waals surface area contributed by atoms with Crippen LogP contribution in [0, 0.1) is 0 Å². The van der Waals surface area contributed by atoms with Crippen molar-refractivity contribution in [2.24, 2.45) is 0 Å². The summed E-state index contributed by atoms with van der Waals surface area (Å²) in [6.07, 6.45) is 9.17. The molecule has 1 heterocycles. The summed E-state index contributed by atoms with van der Waals surface area (Å²) in [4.78, 5) is 20.7. The molecular weight excluding hydrogens is 451 g/mol. The van der Waals surface area contributed by atoms with Crippen LogP contribution in [0.4, 0.5) is 0 Å². The molecule has 176 valence electrons. The van der Waals surface area contributed by atoms with Crippen molar-refractivity contribution >= 4 is 40.0 Å². The minimum atomic E-state index is 0.0860. The van der Waals surface area contributed by atoms with Gasteiger partial charge in [-0.3, -0.25) is 4.79 Å². The van der Waals surface area contributed by atoms with Crippen LogP contribution in [0.2, 0.25) is 10.0 Å². The maximum Gasteiger partial charge on any atom is 0.254 e. The summed E-state index contributed by atoms with van der Waals surface area (Å²) in [5, 5.41) is 1.87. The third-order valence-corrected chi connectivity index (χ3v) is 6.75. The second-order valence-electron chi connectivity index (χ2n) is 8.61. The highest BCUT2D eigenvalue weighted by atomic mass is 35.5. The van der Waals surface area contributed by atoms with Gasteiger partial charge in [-0.1, -0.05) is 99.8 Å². The molecule has 0 N–H and O–H groups in total. The summed E-state index contributed by atoms with van der Waals surface area (Å²) in [6, 6.07) is 15.2. The van der Waals surface area contributed by atoms with Gasteiger partial charge in [0.05, 0.1) is 26.8 Å². The van der Waals surface area contributed by atoms with Crippen molar-refractivity contribution in [2.75, 3.05) is 13.1 Å². The molecule has 0 atom stereocenters. The molecule has 3 rings (SSSR count). The van der Waals surface area contributed by atoms with E-state index >= 15 is 0 Å². The van der Waals surface area contributed by atoms with Crippen LogP contribution < -0.4 is 0 Å². The number of unbranched alkanes of at least 4 members (excludes halogenated alkanes) is 6. The highest BCUT2D eigenvalue weighted by Crippen LogP contribution is 2.30. The molecule has 3 nitrogen and oxygen atoms in total. The van der Waals surface area contributed by atoms with Gasteiger partial charge in [0, 0.05) is 24.0 Å². The first-order valence-corrected chi connectivity index (χ1v) is 12.9. The number of fused-ring (bicyclic) bond motifs is 1. The smallest absolute Gasteiger partial charge is 0.254 e. The molecule has 1 amide bonds. The Balaban J connectivity index is 1.96. The van der Waals surface area contributed by atoms with Crippen molar-refractivity contribution in [3.8, 4) is 11.3 Å². The molecule has 0 saturated heterocycles. The molecule has 0 fully saturated rings. The number of pyridine rings is 1. The van der Waals surface area contributed by atoms with Crippen LogP contribution in [0.3, 0.4) is 0 Å². The number of hydrogen-bond donors (Lipinski definition) is 0. The molecule has 33 heavy (non-hydrogen) atoms. The van der Waals surface area contributed by atoms with Crippen LogP contribution in [-0.2, 0) is 0 Å². The zero-order valence-corrected chi connectivity index (χ0v) is 21.3. The van der Waals surface area contributed by atoms with Gasteiger partial charge in [-0.2, -0.15) is 0 Å². The quantitative estimate of drug-likeness (QED) is 0.240. The van der Waals surface area contributed by atoms with E-state index in [4.69, 9.17) is 28.2 Å². The van der Waals surface area contributed by atoms with Crippen LogP contribution in [0.15, 0.2) is 48.5 Å². The standard InChI is InChI=1S/C28H34Cl2N2O/c1-3-5-7-11-17-32(18-12-8-6-4-2)28(33)23-20-27(21-15-16-24(29)25(30)19-21)31-26-14-10-9-13-22(23)26/h9-10,13-16,19-20H,3-8,11-12,17-18H2,1-2H3. The minimum absolute atomic E-state index is 0.0860. The molecule has 3 aromatic rings. The number of hydrogen-bond acceptors (Lipinski definition) is 2. The average Bonchev–Trinajstić information content (AvgIpc) is 2.83. The molecule has 1 aromatic heterocycles. The summed E-state index contributed by atoms with van der Waals surface area (Å²) >= 11 is 12.4. The molecule has 0 aliphatic heterocycles. The van der Waals surface area contributed by atoms with Gasteiger partial charge in [-0.25, -0.2) is 4.98 Å². The van der Waals surface area contributed by atoms with Crippen LogP contribution in [0.5, 0.6) is 0 Å². The Morgan fingerprint density at radius 1 is 0.818 bits per heavy atom. The van der Waals surface area contributed by atoms with Crippen molar-refractivity contribution in [1.29, 1.82) is 0 Å². The van der Waals surface area contributed by atoms with E-state index in [9.17, 15) is 4.79 Å². The van der Waals surface area contributed by atoms with E-state index in [1.165, 1.54) is 25.7 Å². The van der Waals surface area contributed by atoms with Crippen LogP contribution >= 0.6 is 23.2 Å². The van der Waals surface area contributed by atoms with Crippen molar-refractivity contribution in [3.63, 3.8) is 0 Å². The predicted molar refractivity (Wildman–Crippen MR) is 141 cm³/mol. The van der Waals surface area contributed by atoms with Gasteiger partial charge in [0.2, 0.25) is 0 Å². The zero-order valence-electron chi connectivity index (χ0n) is 19.7. The number of amides is 1. The lowest BCUT2D eigenvalue weighted by Gasteiger charge is -2.24. The largest absolute Gasteiger partial charge is 0.339 e. The lowest BCUT2D eigenvalue weighted by Crippen LogP contribution is -2.33. The van der Waals surface area contributed by atoms with Crippen LogP contribution in [0.25, 0.3) is 22.2 Å². The van der Waals surface area contributed by atoms with Crippen molar-refractivity contribution < 1.29 is 4.79 Å². The maximum absolute atomic E-state index is 13.8. The van der Waals surface area contributed by atoms with Gasteiger partial charge in [0.1, 0.15) is 0 Å². The fourth-order valence-electron chi connectivity index (χ4n) is 4.10. The Hall–Kier alpha value is -2.10. The van der Waals surface area contributed by atoms with Crippen LogP contribution in [0.1, 0.15) is 75.6 Å². The van der Waals surface area contributed by atoms with E-state index in [0.717, 1.165) is 60.9 Å². The number of aromatic nitrogens is 1. The van der Waals surface area contributed by atoms with E-state index in [-0.39, 0.29) is 5.91 Å². The number of carbonyl (C=O) groups excluding carboxylic acids is 1. The number of carbonyl (C=O) groups is 1. The Kier molecular flexibility index (Phi) is 10.0. The molecule has 0 bridgehead atoms. The van der Waals surface area contributed by atoms with Crippen molar-refractivity contribution in [3.05, 3.63) is 64.1 Å². The summed E-state index contributed by atoms with van der Waals surface area (Å²) in [5.74, 6) is 0.0860. The second kappa shape index (κ2) is 13.0. The normalized spacial score (nSPS) is 11.2. The van der Waals surface area contributed by atoms with Gasteiger partial charge in [-0.05, 0) is 37.1 Å². The van der Waals surface area contributed by atoms with E-state index < -0.39 is 0 Å². The number of nitrogens with zero attached hydrogens (tertiary/aromatic N) is 2. The molecule has 0 saturated carbocycles. The SMILES string of the molecule is CCCCCCN(CCCCCC)C(=O)c1cc(-c2ccc(Cl)c(Cl)c2)nc2ccccc12. The molecular formula is C28H34Cl2N2O. The molecule has 0 spiro atoms. The molecule has 0 aliphatic rings. The molecule has 5 heteroatoms. The topological polar surface area (TPSA) is 33.2 Å². The highest BCUT2D eigenvalue weighted by Gasteiger charge is 2.20. The molecule has 0 radical (unpaired) electrons. The first-order chi connectivity index (χ1) is 16.0. The summed E-state index contributed by atoms with van der Waals surface area (Å²) < 4.78 is 0. The number of para-hydroxylation sites is 1. The van der Waals surface area contributed by atoms with Crippen molar-refractivity contribution in [2.45, 2.75) is 65.2 Å². The summed E-state index contributed by atoms with van der Waals surface area (Å²) in [6.45, 7) is 6.01. The third-order valence-electron chi connectivity index (χ3n) is 6.01. The van der Waals surface area contributed by atoms with E-state index in [1.807, 2.05) is 47.4 Å². The minimum Gasteiger partial charge on any atom is -0.339 e. The van der Waals surface area contributed by atoms with Gasteiger partial charge in [-0.15, -0.1) is 0 Å². The number of rotatable bonds is 12. The molecule has 0 aliphatic carbocycles. The zero-order chi connectivity index (χ0) is 23.6. The van der Waals surface area contributed by atoms with Gasteiger partial charge in [0.15, 0.2) is 0 Å². The molecule has 0 unspecified atom stereocenters. The fourth-order valence-corrected chi connectivity index (χ4v) is 4.40. The monoisotopic (exact) mass is 484 g/mol. The highest BCUT2D eigenvalue weighted by molar-refractivity contribution is 6.42. The Bertz CT molecular complexity index is 1050. The number of benzene rings is 2. The average molecular weight is 485 g/mol. The first kappa shape index (κ1) is 25.5. The number of halogens is 2. The third kappa shape index (κ3) is 6.94.